The number of phenols is 1. The van der Waals surface area contributed by atoms with E-state index in [1.54, 1.807) is 6.07 Å². The maximum atomic E-state index is 11.0. The molecule has 2 aromatic rings. The Hall–Kier alpha value is -2.29. The lowest BCUT2D eigenvalue weighted by molar-refractivity contribution is 0.112. The third-order valence-corrected chi connectivity index (χ3v) is 2.81. The van der Waals surface area contributed by atoms with Gasteiger partial charge in [-0.05, 0) is 29.7 Å². The molecule has 0 unspecified atom stereocenters. The van der Waals surface area contributed by atoms with Crippen LogP contribution < -0.4 is 4.74 Å². The molecule has 0 aliphatic carbocycles. The summed E-state index contributed by atoms with van der Waals surface area (Å²) in [4.78, 5) is 11.0. The highest BCUT2D eigenvalue weighted by molar-refractivity contribution is 5.79. The van der Waals surface area contributed by atoms with Gasteiger partial charge in [-0.15, -0.1) is 0 Å². The zero-order valence-corrected chi connectivity index (χ0v) is 10.1. The zero-order valence-electron chi connectivity index (χ0n) is 10.1. The van der Waals surface area contributed by atoms with Gasteiger partial charge in [0.25, 0.3) is 0 Å². The van der Waals surface area contributed by atoms with Gasteiger partial charge in [0.1, 0.15) is 6.29 Å². The van der Waals surface area contributed by atoms with Crippen LogP contribution in [-0.2, 0) is 6.42 Å². The van der Waals surface area contributed by atoms with Crippen molar-refractivity contribution in [2.75, 3.05) is 7.11 Å². The zero-order chi connectivity index (χ0) is 13.0. The van der Waals surface area contributed by atoms with E-state index >= 15 is 0 Å². The Morgan fingerprint density at radius 2 is 1.94 bits per heavy atom. The van der Waals surface area contributed by atoms with Gasteiger partial charge in [0, 0.05) is 5.56 Å². The first kappa shape index (κ1) is 12.2. The molecule has 0 aromatic heterocycles. The summed E-state index contributed by atoms with van der Waals surface area (Å²) in [6, 6.07) is 13.0. The van der Waals surface area contributed by atoms with Crippen molar-refractivity contribution in [2.45, 2.75) is 6.42 Å². The normalized spacial score (nSPS) is 10.1. The van der Waals surface area contributed by atoms with E-state index in [1.807, 2.05) is 30.3 Å². The average molecular weight is 242 g/mol. The number of hydrogen-bond donors (Lipinski definition) is 1. The smallest absolute Gasteiger partial charge is 0.160 e. The van der Waals surface area contributed by atoms with Crippen molar-refractivity contribution < 1.29 is 14.6 Å². The summed E-state index contributed by atoms with van der Waals surface area (Å²) < 4.78 is 5.06. The highest BCUT2D eigenvalue weighted by atomic mass is 16.5. The summed E-state index contributed by atoms with van der Waals surface area (Å²) in [5.41, 5.74) is 2.43. The molecule has 0 atom stereocenters. The predicted octanol–water partition coefficient (Wildman–Crippen LogP) is 2.80. The van der Waals surface area contributed by atoms with Gasteiger partial charge in [-0.1, -0.05) is 30.3 Å². The lowest BCUT2D eigenvalue weighted by atomic mass is 9.99. The fraction of sp³-hybridized carbons (Fsp3) is 0.133. The molecule has 0 saturated carbocycles. The van der Waals surface area contributed by atoms with Gasteiger partial charge in [0.2, 0.25) is 0 Å². The Labute approximate surface area is 106 Å². The maximum Gasteiger partial charge on any atom is 0.160 e. The number of ether oxygens (including phenoxy) is 1. The predicted molar refractivity (Wildman–Crippen MR) is 69.3 cm³/mol. The molecule has 0 heterocycles. The van der Waals surface area contributed by atoms with Crippen LogP contribution in [0.2, 0.25) is 0 Å². The van der Waals surface area contributed by atoms with E-state index in [9.17, 15) is 9.90 Å². The minimum Gasteiger partial charge on any atom is -0.504 e. The fourth-order valence-electron chi connectivity index (χ4n) is 1.87. The molecule has 0 aliphatic heterocycles. The topological polar surface area (TPSA) is 46.5 Å². The molecule has 2 rings (SSSR count). The first-order chi connectivity index (χ1) is 8.74. The summed E-state index contributed by atoms with van der Waals surface area (Å²) >= 11 is 0. The van der Waals surface area contributed by atoms with Gasteiger partial charge in [0.15, 0.2) is 11.5 Å². The van der Waals surface area contributed by atoms with Crippen LogP contribution in [0, 0.1) is 0 Å². The van der Waals surface area contributed by atoms with E-state index in [0.29, 0.717) is 17.7 Å². The second-order valence-electron chi connectivity index (χ2n) is 4.00. The van der Waals surface area contributed by atoms with Crippen LogP contribution in [0.25, 0.3) is 0 Å². The molecule has 0 aliphatic rings. The molecule has 0 bridgehead atoms. The van der Waals surface area contributed by atoms with E-state index in [4.69, 9.17) is 4.74 Å². The van der Waals surface area contributed by atoms with Crippen molar-refractivity contribution in [3.63, 3.8) is 0 Å². The molecule has 3 nitrogen and oxygen atoms in total. The number of carbonyl (C=O) groups is 1. The number of methoxy groups -OCH3 is 1. The summed E-state index contributed by atoms with van der Waals surface area (Å²) in [5.74, 6) is 0.364. The average Bonchev–Trinajstić information content (AvgIpc) is 2.41. The number of hydrogen-bond acceptors (Lipinski definition) is 3. The number of benzene rings is 2. The minimum absolute atomic E-state index is 0.0172. The first-order valence-electron chi connectivity index (χ1n) is 5.63. The van der Waals surface area contributed by atoms with Crippen LogP contribution in [0.15, 0.2) is 42.5 Å². The summed E-state index contributed by atoms with van der Waals surface area (Å²) in [6.45, 7) is 0. The quantitative estimate of drug-likeness (QED) is 0.838. The van der Waals surface area contributed by atoms with E-state index in [2.05, 4.69) is 0 Å². The lowest BCUT2D eigenvalue weighted by Crippen LogP contribution is -1.96. The Balaban J connectivity index is 2.40. The van der Waals surface area contributed by atoms with E-state index in [0.717, 1.165) is 17.4 Å². The molecule has 0 amide bonds. The summed E-state index contributed by atoms with van der Waals surface area (Å²) in [6.07, 6.45) is 1.38. The van der Waals surface area contributed by atoms with Crippen molar-refractivity contribution in [1.82, 2.24) is 0 Å². The molecular formula is C15H14O3. The molecule has 1 N–H and O–H groups in total. The van der Waals surface area contributed by atoms with E-state index in [-0.39, 0.29) is 5.75 Å². The number of carbonyl (C=O) groups excluding carboxylic acids is 1. The molecule has 92 valence electrons. The van der Waals surface area contributed by atoms with Crippen LogP contribution in [-0.4, -0.2) is 18.5 Å². The van der Waals surface area contributed by atoms with E-state index in [1.165, 1.54) is 13.2 Å². The lowest BCUT2D eigenvalue weighted by Gasteiger charge is -2.09. The fourth-order valence-corrected chi connectivity index (χ4v) is 1.87. The summed E-state index contributed by atoms with van der Waals surface area (Å²) in [7, 11) is 1.49. The monoisotopic (exact) mass is 242 g/mol. The van der Waals surface area contributed by atoms with Crippen molar-refractivity contribution >= 4 is 6.29 Å². The highest BCUT2D eigenvalue weighted by Crippen LogP contribution is 2.29. The van der Waals surface area contributed by atoms with Crippen LogP contribution >= 0.6 is 0 Å². The van der Waals surface area contributed by atoms with Gasteiger partial charge in [-0.3, -0.25) is 4.79 Å². The molecule has 0 fully saturated rings. The van der Waals surface area contributed by atoms with Crippen LogP contribution in [0.1, 0.15) is 21.5 Å². The van der Waals surface area contributed by atoms with Gasteiger partial charge in [-0.2, -0.15) is 0 Å². The van der Waals surface area contributed by atoms with Crippen molar-refractivity contribution in [3.8, 4) is 11.5 Å². The number of aromatic hydroxyl groups is 1. The van der Waals surface area contributed by atoms with Crippen LogP contribution in [0.4, 0.5) is 0 Å². The SMILES string of the molecule is COc1cc(Cc2ccccc2)c(C=O)cc1O. The molecule has 0 spiro atoms. The van der Waals surface area contributed by atoms with Crippen molar-refractivity contribution in [3.05, 3.63) is 59.2 Å². The molecule has 3 heteroatoms. The molecule has 2 aromatic carbocycles. The second kappa shape index (κ2) is 5.36. The Morgan fingerprint density at radius 1 is 1.22 bits per heavy atom. The minimum atomic E-state index is -0.0172. The maximum absolute atomic E-state index is 11.0. The first-order valence-corrected chi connectivity index (χ1v) is 5.63. The van der Waals surface area contributed by atoms with Crippen LogP contribution in [0.5, 0.6) is 11.5 Å². The number of aldehydes is 1. The Bertz CT molecular complexity index is 547. The molecule has 18 heavy (non-hydrogen) atoms. The van der Waals surface area contributed by atoms with Gasteiger partial charge in [-0.25, -0.2) is 0 Å². The van der Waals surface area contributed by atoms with Crippen molar-refractivity contribution in [2.24, 2.45) is 0 Å². The van der Waals surface area contributed by atoms with Gasteiger partial charge in [0.05, 0.1) is 7.11 Å². The molecular weight excluding hydrogens is 228 g/mol. The number of phenolic OH excluding ortho intramolecular Hbond substituents is 1. The third-order valence-electron chi connectivity index (χ3n) is 2.81. The summed E-state index contributed by atoms with van der Waals surface area (Å²) in [5, 5.41) is 9.63. The third kappa shape index (κ3) is 2.51. The number of rotatable bonds is 4. The van der Waals surface area contributed by atoms with Gasteiger partial charge >= 0.3 is 0 Å². The molecule has 0 radical (unpaired) electrons. The van der Waals surface area contributed by atoms with Crippen LogP contribution in [0.3, 0.4) is 0 Å². The Morgan fingerprint density at radius 3 is 2.56 bits per heavy atom. The highest BCUT2D eigenvalue weighted by Gasteiger charge is 2.09. The van der Waals surface area contributed by atoms with Crippen molar-refractivity contribution in [1.29, 1.82) is 0 Å². The standard InChI is InChI=1S/C15H14O3/c1-18-15-9-12(13(10-16)8-14(15)17)7-11-5-3-2-4-6-11/h2-6,8-10,17H,7H2,1H3. The van der Waals surface area contributed by atoms with Gasteiger partial charge < -0.3 is 9.84 Å². The second-order valence-corrected chi connectivity index (χ2v) is 4.00. The van der Waals surface area contributed by atoms with E-state index < -0.39 is 0 Å². The molecule has 0 saturated heterocycles. The Kier molecular flexibility index (Phi) is 3.63. The largest absolute Gasteiger partial charge is 0.504 e.